The van der Waals surface area contributed by atoms with Crippen LogP contribution in [0.2, 0.25) is 0 Å². The number of nitrogens with two attached hydrogens (primary N) is 1. The third-order valence-corrected chi connectivity index (χ3v) is 6.63. The lowest BCUT2D eigenvalue weighted by molar-refractivity contribution is -0.138. The number of methoxy groups -OCH3 is 1. The molecule has 0 bridgehead atoms. The van der Waals surface area contributed by atoms with Gasteiger partial charge >= 0.3 is 0 Å². The van der Waals surface area contributed by atoms with Crippen LogP contribution < -0.4 is 10.5 Å². The van der Waals surface area contributed by atoms with E-state index in [-0.39, 0.29) is 35.9 Å². The minimum absolute atomic E-state index is 0.0123. The Hall–Kier alpha value is -3.01. The molecule has 1 aromatic carbocycles. The van der Waals surface area contributed by atoms with Crippen molar-refractivity contribution in [1.82, 2.24) is 19.6 Å². The quantitative estimate of drug-likeness (QED) is 0.672. The first kappa shape index (κ1) is 21.2. The number of thioether (sulfide) groups is 1. The summed E-state index contributed by atoms with van der Waals surface area (Å²) in [5, 5.41) is 4.29. The lowest BCUT2D eigenvalue weighted by atomic mass is 9.90. The molecule has 164 valence electrons. The van der Waals surface area contributed by atoms with Gasteiger partial charge in [-0.3, -0.25) is 14.4 Å². The number of nitrogens with zero attached hydrogens (tertiary/aromatic N) is 4. The molecule has 0 unspecified atom stereocenters. The van der Waals surface area contributed by atoms with Gasteiger partial charge in [-0.25, -0.2) is 4.68 Å². The molecule has 2 saturated heterocycles. The van der Waals surface area contributed by atoms with E-state index in [4.69, 9.17) is 10.5 Å². The minimum Gasteiger partial charge on any atom is -0.497 e. The number of benzene rings is 1. The summed E-state index contributed by atoms with van der Waals surface area (Å²) in [6, 6.07) is 7.23. The normalized spacial score (nSPS) is 19.0. The molecule has 9 nitrogen and oxygen atoms in total. The topological polar surface area (TPSA) is 111 Å². The Morgan fingerprint density at radius 3 is 2.74 bits per heavy atom. The molecule has 2 aliphatic heterocycles. The maximum atomic E-state index is 13.2. The van der Waals surface area contributed by atoms with Crippen molar-refractivity contribution < 1.29 is 19.1 Å². The van der Waals surface area contributed by atoms with Gasteiger partial charge in [-0.1, -0.05) is 0 Å². The molecule has 0 aliphatic carbocycles. The van der Waals surface area contributed by atoms with Gasteiger partial charge in [0.25, 0.3) is 0 Å². The molecule has 1 aromatic heterocycles. The molecule has 2 amide bonds. The highest BCUT2D eigenvalue weighted by Gasteiger charge is 2.32. The van der Waals surface area contributed by atoms with Crippen molar-refractivity contribution in [2.24, 2.45) is 5.92 Å². The second-order valence-corrected chi connectivity index (χ2v) is 8.62. The average Bonchev–Trinajstić information content (AvgIpc) is 3.38. The summed E-state index contributed by atoms with van der Waals surface area (Å²) < 4.78 is 6.69. The molecule has 4 rings (SSSR count). The van der Waals surface area contributed by atoms with Crippen LogP contribution in [0.1, 0.15) is 23.2 Å². The summed E-state index contributed by atoms with van der Waals surface area (Å²) in [6.07, 6.45) is 2.91. The first-order valence-electron chi connectivity index (χ1n) is 10.1. The van der Waals surface area contributed by atoms with Gasteiger partial charge in [0.05, 0.1) is 36.2 Å². The summed E-state index contributed by atoms with van der Waals surface area (Å²) >= 11 is 1.51. The third kappa shape index (κ3) is 4.39. The van der Waals surface area contributed by atoms with Gasteiger partial charge in [0.2, 0.25) is 11.8 Å². The number of hydrogen-bond donors (Lipinski definition) is 1. The summed E-state index contributed by atoms with van der Waals surface area (Å²) in [6.45, 7) is 1.00. The molecule has 1 atom stereocenters. The van der Waals surface area contributed by atoms with Crippen molar-refractivity contribution in [3.8, 4) is 11.4 Å². The molecular weight excluding hydrogens is 418 g/mol. The minimum atomic E-state index is -0.336. The zero-order valence-electron chi connectivity index (χ0n) is 17.3. The number of rotatable bonds is 6. The standard InChI is InChI=1S/C21H25N5O4S/c1-30-16-6-4-15(5-7-16)26-21(22)17(9-23-26)20(29)14-3-2-8-24(10-14)18(27)11-25-13-31-12-19(25)28/h4-7,9,14H,2-3,8,10-13,22H2,1H3/t14-/m1/s1. The van der Waals surface area contributed by atoms with Crippen LogP contribution in [0.15, 0.2) is 30.5 Å². The number of aromatic nitrogens is 2. The zero-order valence-corrected chi connectivity index (χ0v) is 18.1. The highest BCUT2D eigenvalue weighted by molar-refractivity contribution is 8.00. The number of ether oxygens (including phenoxy) is 1. The first-order chi connectivity index (χ1) is 15.0. The molecule has 10 heteroatoms. The fourth-order valence-electron chi connectivity index (χ4n) is 3.92. The average molecular weight is 444 g/mol. The van der Waals surface area contributed by atoms with E-state index in [1.165, 1.54) is 22.6 Å². The number of carbonyl (C=O) groups is 3. The molecule has 3 heterocycles. The molecule has 0 radical (unpaired) electrons. The lowest BCUT2D eigenvalue weighted by Gasteiger charge is -2.33. The van der Waals surface area contributed by atoms with E-state index in [1.807, 2.05) is 12.1 Å². The maximum Gasteiger partial charge on any atom is 0.242 e. The summed E-state index contributed by atoms with van der Waals surface area (Å²) in [5.41, 5.74) is 7.34. The van der Waals surface area contributed by atoms with Crippen LogP contribution >= 0.6 is 11.8 Å². The van der Waals surface area contributed by atoms with Gasteiger partial charge in [0.1, 0.15) is 18.1 Å². The summed E-state index contributed by atoms with van der Waals surface area (Å²) in [4.78, 5) is 40.9. The van der Waals surface area contributed by atoms with Crippen molar-refractivity contribution in [2.45, 2.75) is 12.8 Å². The van der Waals surface area contributed by atoms with Gasteiger partial charge in [0, 0.05) is 19.0 Å². The number of amides is 2. The second-order valence-electron chi connectivity index (χ2n) is 7.67. The zero-order chi connectivity index (χ0) is 22.0. The van der Waals surface area contributed by atoms with Crippen LogP contribution in [-0.2, 0) is 9.59 Å². The maximum absolute atomic E-state index is 13.2. The highest BCUT2D eigenvalue weighted by atomic mass is 32.2. The van der Waals surface area contributed by atoms with Crippen molar-refractivity contribution >= 4 is 35.2 Å². The Balaban J connectivity index is 1.44. The molecule has 2 aliphatic rings. The predicted molar refractivity (Wildman–Crippen MR) is 117 cm³/mol. The van der Waals surface area contributed by atoms with Gasteiger partial charge < -0.3 is 20.3 Å². The Kier molecular flexibility index (Phi) is 6.17. The molecule has 2 fully saturated rings. The van der Waals surface area contributed by atoms with Crippen LogP contribution in [-0.4, -0.2) is 75.6 Å². The number of piperidine rings is 1. The number of nitrogen functional groups attached to an aromatic ring is 1. The van der Waals surface area contributed by atoms with E-state index >= 15 is 0 Å². The fraction of sp³-hybridized carbons (Fsp3) is 0.429. The molecule has 2 aromatic rings. The number of Topliss-reactive ketones (excluding diaryl/α,β-unsaturated/α-hetero) is 1. The van der Waals surface area contributed by atoms with E-state index in [0.29, 0.717) is 42.5 Å². The SMILES string of the molecule is COc1ccc(-n2ncc(C(=O)[C@@H]3CCCN(C(=O)CN4CSCC4=O)C3)c2N)cc1. The number of anilines is 1. The Morgan fingerprint density at radius 2 is 2.06 bits per heavy atom. The first-order valence-corrected chi connectivity index (χ1v) is 11.3. The number of hydrogen-bond acceptors (Lipinski definition) is 7. The van der Waals surface area contributed by atoms with Crippen LogP contribution in [0.25, 0.3) is 5.69 Å². The van der Waals surface area contributed by atoms with E-state index in [2.05, 4.69) is 5.10 Å². The summed E-state index contributed by atoms with van der Waals surface area (Å²) in [5.74, 6) is 1.38. The van der Waals surface area contributed by atoms with Crippen LogP contribution in [0.3, 0.4) is 0 Å². The lowest BCUT2D eigenvalue weighted by Crippen LogP contribution is -2.47. The van der Waals surface area contributed by atoms with Gasteiger partial charge in [-0.2, -0.15) is 5.10 Å². The second kappa shape index (κ2) is 9.01. The van der Waals surface area contributed by atoms with E-state index in [0.717, 1.165) is 12.1 Å². The van der Waals surface area contributed by atoms with Crippen LogP contribution in [0.4, 0.5) is 5.82 Å². The fourth-order valence-corrected chi connectivity index (χ4v) is 4.82. The Labute approximate surface area is 184 Å². The van der Waals surface area contributed by atoms with Gasteiger partial charge in [0.15, 0.2) is 5.78 Å². The number of likely N-dealkylation sites (tertiary alicyclic amines) is 1. The number of carbonyl (C=O) groups excluding carboxylic acids is 3. The molecule has 0 spiro atoms. The van der Waals surface area contributed by atoms with Gasteiger partial charge in [-0.15, -0.1) is 11.8 Å². The predicted octanol–water partition coefficient (Wildman–Crippen LogP) is 1.42. The third-order valence-electron chi connectivity index (χ3n) is 5.69. The molecule has 0 saturated carbocycles. The monoisotopic (exact) mass is 443 g/mol. The molecule has 2 N–H and O–H groups in total. The van der Waals surface area contributed by atoms with Crippen molar-refractivity contribution in [1.29, 1.82) is 0 Å². The molecule has 31 heavy (non-hydrogen) atoms. The van der Waals surface area contributed by atoms with E-state index in [9.17, 15) is 14.4 Å². The summed E-state index contributed by atoms with van der Waals surface area (Å²) in [7, 11) is 1.59. The smallest absolute Gasteiger partial charge is 0.242 e. The van der Waals surface area contributed by atoms with Crippen LogP contribution in [0.5, 0.6) is 5.75 Å². The Morgan fingerprint density at radius 1 is 1.29 bits per heavy atom. The van der Waals surface area contributed by atoms with Crippen molar-refractivity contribution in [3.63, 3.8) is 0 Å². The van der Waals surface area contributed by atoms with Gasteiger partial charge in [-0.05, 0) is 37.1 Å². The van der Waals surface area contributed by atoms with Crippen LogP contribution in [0, 0.1) is 5.92 Å². The van der Waals surface area contributed by atoms with E-state index < -0.39 is 0 Å². The Bertz CT molecular complexity index is 990. The highest BCUT2D eigenvalue weighted by Crippen LogP contribution is 2.26. The largest absolute Gasteiger partial charge is 0.497 e. The van der Waals surface area contributed by atoms with Crippen molar-refractivity contribution in [3.05, 3.63) is 36.0 Å². The molecular formula is C21H25N5O4S. The van der Waals surface area contributed by atoms with E-state index in [1.54, 1.807) is 29.0 Å². The number of ketones is 1. The van der Waals surface area contributed by atoms with Crippen molar-refractivity contribution in [2.75, 3.05) is 44.1 Å².